The average molecular weight is 278 g/mol. The van der Waals surface area contributed by atoms with E-state index in [0.29, 0.717) is 29.5 Å². The first-order valence-electron chi connectivity index (χ1n) is 6.99. The summed E-state index contributed by atoms with van der Waals surface area (Å²) in [6.45, 7) is 3.51. The molecule has 2 unspecified atom stereocenters. The molecule has 3 N–H and O–H groups in total. The summed E-state index contributed by atoms with van der Waals surface area (Å²) >= 11 is 0. The molecule has 0 saturated carbocycles. The van der Waals surface area contributed by atoms with Gasteiger partial charge in [0.05, 0.1) is 18.8 Å². The number of benzene rings is 1. The van der Waals surface area contributed by atoms with Gasteiger partial charge in [-0.25, -0.2) is 0 Å². The summed E-state index contributed by atoms with van der Waals surface area (Å²) in [5.74, 6) is 0.893. The van der Waals surface area contributed by atoms with Gasteiger partial charge in [0, 0.05) is 30.8 Å². The van der Waals surface area contributed by atoms with Crippen LogP contribution in [0.4, 0.5) is 5.69 Å². The molecule has 1 heterocycles. The van der Waals surface area contributed by atoms with E-state index in [1.165, 1.54) is 0 Å². The van der Waals surface area contributed by atoms with Crippen LogP contribution in [0, 0.1) is 5.92 Å². The number of hydrogen-bond acceptors (Lipinski definition) is 4. The van der Waals surface area contributed by atoms with Crippen molar-refractivity contribution in [2.45, 2.75) is 25.9 Å². The Morgan fingerprint density at radius 3 is 3.00 bits per heavy atom. The Balaban J connectivity index is 1.95. The molecule has 0 bridgehead atoms. The van der Waals surface area contributed by atoms with Gasteiger partial charge in [-0.3, -0.25) is 4.79 Å². The second-order valence-corrected chi connectivity index (χ2v) is 5.03. The van der Waals surface area contributed by atoms with Crippen LogP contribution < -0.4 is 15.8 Å². The maximum atomic E-state index is 12.1. The minimum absolute atomic E-state index is 0.146. The molecular weight excluding hydrogens is 256 g/mol. The number of ether oxygens (including phenoxy) is 2. The zero-order valence-electron chi connectivity index (χ0n) is 12.0. The van der Waals surface area contributed by atoms with Crippen molar-refractivity contribution in [2.75, 3.05) is 26.0 Å². The molecule has 20 heavy (non-hydrogen) atoms. The molecule has 0 radical (unpaired) electrons. The van der Waals surface area contributed by atoms with Gasteiger partial charge in [-0.2, -0.15) is 0 Å². The summed E-state index contributed by atoms with van der Waals surface area (Å²) in [5.41, 5.74) is 6.78. The Kier molecular flexibility index (Phi) is 4.84. The molecule has 0 aliphatic carbocycles. The molecule has 0 spiro atoms. The lowest BCUT2D eigenvalue weighted by Crippen LogP contribution is -2.33. The van der Waals surface area contributed by atoms with Crippen molar-refractivity contribution in [3.63, 3.8) is 0 Å². The van der Waals surface area contributed by atoms with Crippen molar-refractivity contribution in [1.29, 1.82) is 0 Å². The van der Waals surface area contributed by atoms with E-state index in [-0.39, 0.29) is 12.0 Å². The molecule has 1 fully saturated rings. The number of nitrogens with two attached hydrogens (primary N) is 1. The summed E-state index contributed by atoms with van der Waals surface area (Å²) in [7, 11) is 1.57. The molecule has 1 saturated heterocycles. The number of hydrogen-bond donors (Lipinski definition) is 2. The fraction of sp³-hybridized carbons (Fsp3) is 0.533. The van der Waals surface area contributed by atoms with Crippen LogP contribution in [0.3, 0.4) is 0 Å². The maximum Gasteiger partial charge on any atom is 0.253 e. The lowest BCUT2D eigenvalue weighted by Gasteiger charge is -2.17. The van der Waals surface area contributed by atoms with Gasteiger partial charge in [0.25, 0.3) is 5.91 Å². The van der Waals surface area contributed by atoms with Crippen molar-refractivity contribution in [3.05, 3.63) is 23.8 Å². The first-order chi connectivity index (χ1) is 9.65. The highest BCUT2D eigenvalue weighted by Gasteiger charge is 2.27. The van der Waals surface area contributed by atoms with E-state index in [4.69, 9.17) is 15.2 Å². The second kappa shape index (κ2) is 6.61. The number of methoxy groups -OCH3 is 1. The van der Waals surface area contributed by atoms with E-state index in [0.717, 1.165) is 19.4 Å². The minimum Gasteiger partial charge on any atom is -0.497 e. The normalized spacial score (nSPS) is 21.7. The van der Waals surface area contributed by atoms with Crippen LogP contribution >= 0.6 is 0 Å². The molecule has 2 atom stereocenters. The molecular formula is C15H22N2O3. The zero-order chi connectivity index (χ0) is 14.5. The number of anilines is 1. The van der Waals surface area contributed by atoms with E-state index >= 15 is 0 Å². The summed E-state index contributed by atoms with van der Waals surface area (Å²) in [6, 6.07) is 5.08. The Morgan fingerprint density at radius 2 is 2.35 bits per heavy atom. The molecule has 1 aromatic carbocycles. The van der Waals surface area contributed by atoms with Crippen LogP contribution in [0.2, 0.25) is 0 Å². The Morgan fingerprint density at radius 1 is 1.55 bits per heavy atom. The highest BCUT2D eigenvalue weighted by atomic mass is 16.5. The smallest absolute Gasteiger partial charge is 0.253 e. The van der Waals surface area contributed by atoms with Crippen molar-refractivity contribution in [1.82, 2.24) is 5.32 Å². The lowest BCUT2D eigenvalue weighted by molar-refractivity contribution is 0.0827. The van der Waals surface area contributed by atoms with Gasteiger partial charge in [0.1, 0.15) is 5.75 Å². The van der Waals surface area contributed by atoms with Crippen LogP contribution in [-0.2, 0) is 4.74 Å². The number of nitrogens with one attached hydrogen (secondary N) is 1. The summed E-state index contributed by atoms with van der Waals surface area (Å²) < 4.78 is 10.7. The van der Waals surface area contributed by atoms with Gasteiger partial charge in [-0.15, -0.1) is 0 Å². The van der Waals surface area contributed by atoms with Crippen molar-refractivity contribution < 1.29 is 14.3 Å². The molecule has 1 aliphatic rings. The van der Waals surface area contributed by atoms with Gasteiger partial charge in [-0.1, -0.05) is 6.92 Å². The topological polar surface area (TPSA) is 73.6 Å². The van der Waals surface area contributed by atoms with Crippen LogP contribution in [0.5, 0.6) is 5.75 Å². The van der Waals surface area contributed by atoms with E-state index in [1.54, 1.807) is 25.3 Å². The predicted molar refractivity (Wildman–Crippen MR) is 77.9 cm³/mol. The monoisotopic (exact) mass is 278 g/mol. The van der Waals surface area contributed by atoms with Crippen LogP contribution in [0.15, 0.2) is 18.2 Å². The molecule has 0 aromatic heterocycles. The number of nitrogen functional groups attached to an aromatic ring is 1. The first-order valence-corrected chi connectivity index (χ1v) is 6.99. The number of rotatable bonds is 5. The van der Waals surface area contributed by atoms with Crippen LogP contribution in [0.25, 0.3) is 0 Å². The first kappa shape index (κ1) is 14.7. The van der Waals surface area contributed by atoms with Gasteiger partial charge in [0.15, 0.2) is 0 Å². The SMILES string of the molecule is CCC1OCCC1CNC(=O)c1ccc(OC)cc1N. The second-order valence-electron chi connectivity index (χ2n) is 5.03. The van der Waals surface area contributed by atoms with Crippen LogP contribution in [0.1, 0.15) is 30.1 Å². The lowest BCUT2D eigenvalue weighted by atomic mass is 9.99. The summed E-state index contributed by atoms with van der Waals surface area (Å²) in [6.07, 6.45) is 2.23. The molecule has 110 valence electrons. The largest absolute Gasteiger partial charge is 0.497 e. The number of amides is 1. The highest BCUT2D eigenvalue weighted by Crippen LogP contribution is 2.23. The van der Waals surface area contributed by atoms with E-state index in [9.17, 15) is 4.79 Å². The average Bonchev–Trinajstić information content (AvgIpc) is 2.92. The molecule has 1 aromatic rings. The van der Waals surface area contributed by atoms with Crippen LogP contribution in [-0.4, -0.2) is 32.3 Å². The predicted octanol–water partition coefficient (Wildman–Crippen LogP) is 1.82. The minimum atomic E-state index is -0.146. The standard InChI is InChI=1S/C15H22N2O3/c1-3-14-10(6-7-20-14)9-17-15(18)12-5-4-11(19-2)8-13(12)16/h4-5,8,10,14H,3,6-7,9,16H2,1-2H3,(H,17,18). The third-order valence-electron chi connectivity index (χ3n) is 3.78. The Labute approximate surface area is 119 Å². The van der Waals surface area contributed by atoms with E-state index in [1.807, 2.05) is 0 Å². The highest BCUT2D eigenvalue weighted by molar-refractivity contribution is 5.99. The van der Waals surface area contributed by atoms with E-state index < -0.39 is 0 Å². The number of carbonyl (C=O) groups is 1. The fourth-order valence-electron chi connectivity index (χ4n) is 2.57. The summed E-state index contributed by atoms with van der Waals surface area (Å²) in [5, 5.41) is 2.94. The van der Waals surface area contributed by atoms with Crippen molar-refractivity contribution >= 4 is 11.6 Å². The maximum absolute atomic E-state index is 12.1. The third kappa shape index (κ3) is 3.22. The molecule has 5 nitrogen and oxygen atoms in total. The fourth-order valence-corrected chi connectivity index (χ4v) is 2.57. The third-order valence-corrected chi connectivity index (χ3v) is 3.78. The molecule has 5 heteroatoms. The van der Waals surface area contributed by atoms with Gasteiger partial charge < -0.3 is 20.5 Å². The van der Waals surface area contributed by atoms with Gasteiger partial charge >= 0.3 is 0 Å². The number of carbonyl (C=O) groups excluding carboxylic acids is 1. The zero-order valence-corrected chi connectivity index (χ0v) is 12.0. The molecule has 1 aliphatic heterocycles. The molecule has 1 amide bonds. The quantitative estimate of drug-likeness (QED) is 0.806. The Hall–Kier alpha value is -1.75. The van der Waals surface area contributed by atoms with Gasteiger partial charge in [0.2, 0.25) is 0 Å². The summed E-state index contributed by atoms with van der Waals surface area (Å²) in [4.78, 5) is 12.1. The van der Waals surface area contributed by atoms with Crippen molar-refractivity contribution in [2.24, 2.45) is 5.92 Å². The van der Waals surface area contributed by atoms with Crippen molar-refractivity contribution in [3.8, 4) is 5.75 Å². The van der Waals surface area contributed by atoms with Gasteiger partial charge in [-0.05, 0) is 25.0 Å². The molecule has 2 rings (SSSR count). The van der Waals surface area contributed by atoms with E-state index in [2.05, 4.69) is 12.2 Å². The Bertz CT molecular complexity index is 476.